The number of carboxylic acid groups (broad SMARTS) is 1. The van der Waals surface area contributed by atoms with E-state index >= 15 is 0 Å². The summed E-state index contributed by atoms with van der Waals surface area (Å²) in [4.78, 5) is 29.6. The summed E-state index contributed by atoms with van der Waals surface area (Å²) in [6.45, 7) is 0. The van der Waals surface area contributed by atoms with Gasteiger partial charge in [-0.15, -0.1) is 0 Å². The maximum absolute atomic E-state index is 12.5. The second kappa shape index (κ2) is 11.0. The minimum Gasteiger partial charge on any atom is -0.481 e. The molecule has 0 bridgehead atoms. The second-order valence-electron chi connectivity index (χ2n) is 8.99. The molecule has 180 valence electrons. The molecule has 1 aliphatic rings. The molecule has 6 heteroatoms. The van der Waals surface area contributed by atoms with Crippen molar-refractivity contribution in [2.75, 3.05) is 12.0 Å². The molecule has 4 rings (SSSR count). The van der Waals surface area contributed by atoms with Crippen LogP contribution in [0, 0.1) is 0 Å². The van der Waals surface area contributed by atoms with E-state index in [0.29, 0.717) is 5.88 Å². The fourth-order valence-electron chi connectivity index (χ4n) is 4.97. The first-order valence-electron chi connectivity index (χ1n) is 11.9. The Bertz CT molecular complexity index is 1180. The van der Waals surface area contributed by atoms with Crippen molar-refractivity contribution in [2.24, 2.45) is 0 Å². The number of nitrogens with zero attached hydrogens (tertiary/aromatic N) is 2. The van der Waals surface area contributed by atoms with Crippen LogP contribution in [0.4, 0.5) is 5.69 Å². The monoisotopic (exact) mass is 470 g/mol. The van der Waals surface area contributed by atoms with Crippen LogP contribution in [0.25, 0.3) is 17.2 Å². The third-order valence-corrected chi connectivity index (χ3v) is 6.73. The topological polar surface area (TPSA) is 79.7 Å². The molecule has 1 amide bonds. The van der Waals surface area contributed by atoms with E-state index in [2.05, 4.69) is 29.2 Å². The number of hydrogen-bond acceptors (Lipinski definition) is 4. The van der Waals surface area contributed by atoms with Gasteiger partial charge in [0.25, 0.3) is 0 Å². The lowest BCUT2D eigenvalue weighted by Gasteiger charge is -2.45. The van der Waals surface area contributed by atoms with Gasteiger partial charge in [0.1, 0.15) is 0 Å². The Kier molecular flexibility index (Phi) is 7.60. The summed E-state index contributed by atoms with van der Waals surface area (Å²) in [5, 5.41) is 8.96. The van der Waals surface area contributed by atoms with Crippen LogP contribution in [0.5, 0.6) is 5.88 Å². The lowest BCUT2D eigenvalue weighted by molar-refractivity contribution is -0.131. The second-order valence-corrected chi connectivity index (χ2v) is 8.99. The zero-order chi connectivity index (χ0) is 24.7. The number of aromatic nitrogens is 1. The SMILES string of the molecule is COc1ccc(-c2ccc(CC3(N(C=O)c4cccc(/C=C/C(=O)O)c4)CCCCC3)cc2)cn1. The number of carbonyl (C=O) groups excluding carboxylic acids is 1. The van der Waals surface area contributed by atoms with Crippen LogP contribution < -0.4 is 9.64 Å². The van der Waals surface area contributed by atoms with E-state index in [1.165, 1.54) is 12.0 Å². The quantitative estimate of drug-likeness (QED) is 0.318. The zero-order valence-electron chi connectivity index (χ0n) is 19.9. The molecule has 0 spiro atoms. The highest BCUT2D eigenvalue weighted by Crippen LogP contribution is 2.39. The van der Waals surface area contributed by atoms with E-state index in [1.54, 1.807) is 19.4 Å². The fraction of sp³-hybridized carbons (Fsp3) is 0.276. The Morgan fingerprint density at radius 3 is 2.43 bits per heavy atom. The van der Waals surface area contributed by atoms with E-state index in [1.807, 2.05) is 41.3 Å². The van der Waals surface area contributed by atoms with Gasteiger partial charge in [-0.05, 0) is 60.2 Å². The van der Waals surface area contributed by atoms with Gasteiger partial charge in [0, 0.05) is 29.6 Å². The maximum Gasteiger partial charge on any atom is 0.328 e. The molecular formula is C29H30N2O4. The summed E-state index contributed by atoms with van der Waals surface area (Å²) in [6, 6.07) is 19.8. The van der Waals surface area contributed by atoms with Crippen molar-refractivity contribution in [3.05, 3.63) is 84.1 Å². The molecule has 6 nitrogen and oxygen atoms in total. The number of benzene rings is 2. The van der Waals surface area contributed by atoms with E-state index in [0.717, 1.165) is 67.0 Å². The lowest BCUT2D eigenvalue weighted by atomic mass is 9.76. The van der Waals surface area contributed by atoms with E-state index < -0.39 is 5.97 Å². The molecule has 2 aromatic carbocycles. The number of methoxy groups -OCH3 is 1. The van der Waals surface area contributed by atoms with Crippen molar-refractivity contribution < 1.29 is 19.4 Å². The standard InChI is InChI=1S/C29H30N2O4/c1-35-27-14-13-25(20-30-27)24-11-8-23(9-12-24)19-29(16-3-2-4-17-29)31(21-32)26-7-5-6-22(18-26)10-15-28(33)34/h5-15,18,20-21H,2-4,16-17,19H2,1H3,(H,33,34)/b15-10+. The number of amides is 1. The number of carboxylic acids is 1. The van der Waals surface area contributed by atoms with Crippen LogP contribution in [0.3, 0.4) is 0 Å². The third kappa shape index (κ3) is 5.77. The van der Waals surface area contributed by atoms with Gasteiger partial charge < -0.3 is 14.7 Å². The highest BCUT2D eigenvalue weighted by molar-refractivity contribution is 5.86. The number of rotatable bonds is 9. The molecule has 0 unspecified atom stereocenters. The Morgan fingerprint density at radius 1 is 1.06 bits per heavy atom. The molecule has 0 saturated heterocycles. The molecule has 1 aromatic heterocycles. The molecule has 1 saturated carbocycles. The highest BCUT2D eigenvalue weighted by Gasteiger charge is 2.38. The molecule has 0 aliphatic heterocycles. The smallest absolute Gasteiger partial charge is 0.328 e. The van der Waals surface area contributed by atoms with Crippen molar-refractivity contribution in [1.29, 1.82) is 0 Å². The van der Waals surface area contributed by atoms with Gasteiger partial charge in [0.05, 0.1) is 12.6 Å². The minimum absolute atomic E-state index is 0.321. The molecule has 35 heavy (non-hydrogen) atoms. The van der Waals surface area contributed by atoms with Gasteiger partial charge in [-0.3, -0.25) is 4.79 Å². The largest absolute Gasteiger partial charge is 0.481 e. The minimum atomic E-state index is -1.000. The molecule has 1 heterocycles. The summed E-state index contributed by atoms with van der Waals surface area (Å²) in [5.41, 5.74) is 4.48. The van der Waals surface area contributed by atoms with Crippen molar-refractivity contribution in [3.8, 4) is 17.0 Å². The average molecular weight is 471 g/mol. The van der Waals surface area contributed by atoms with Gasteiger partial charge in [-0.25, -0.2) is 9.78 Å². The van der Waals surface area contributed by atoms with Crippen LogP contribution in [0.15, 0.2) is 72.9 Å². The van der Waals surface area contributed by atoms with E-state index in [9.17, 15) is 9.59 Å². The normalized spacial score (nSPS) is 15.0. The third-order valence-electron chi connectivity index (χ3n) is 6.73. The number of aliphatic carboxylic acids is 1. The number of hydrogen-bond donors (Lipinski definition) is 1. The van der Waals surface area contributed by atoms with Crippen molar-refractivity contribution in [2.45, 2.75) is 44.1 Å². The number of ether oxygens (including phenoxy) is 1. The summed E-state index contributed by atoms with van der Waals surface area (Å²) >= 11 is 0. The lowest BCUT2D eigenvalue weighted by Crippen LogP contribution is -2.51. The molecule has 1 aliphatic carbocycles. The average Bonchev–Trinajstić information content (AvgIpc) is 2.89. The molecule has 1 N–H and O–H groups in total. The molecule has 0 radical (unpaired) electrons. The predicted octanol–water partition coefficient (Wildman–Crippen LogP) is 5.76. The molecule has 1 fully saturated rings. The van der Waals surface area contributed by atoms with Gasteiger partial charge in [0.15, 0.2) is 0 Å². The first-order valence-corrected chi connectivity index (χ1v) is 11.9. The Labute approximate surface area is 205 Å². The zero-order valence-corrected chi connectivity index (χ0v) is 19.9. The Hall–Kier alpha value is -3.93. The van der Waals surface area contributed by atoms with E-state index in [-0.39, 0.29) is 5.54 Å². The van der Waals surface area contributed by atoms with E-state index in [4.69, 9.17) is 9.84 Å². The first kappa shape index (κ1) is 24.2. The predicted molar refractivity (Wildman–Crippen MR) is 137 cm³/mol. The first-order chi connectivity index (χ1) is 17.0. The van der Waals surface area contributed by atoms with Crippen LogP contribution >= 0.6 is 0 Å². The number of anilines is 1. The van der Waals surface area contributed by atoms with Crippen LogP contribution in [-0.4, -0.2) is 35.1 Å². The van der Waals surface area contributed by atoms with Crippen LogP contribution in [-0.2, 0) is 16.0 Å². The van der Waals surface area contributed by atoms with Crippen LogP contribution in [0.2, 0.25) is 0 Å². The molecular weight excluding hydrogens is 440 g/mol. The summed E-state index contributed by atoms with van der Waals surface area (Å²) in [6.07, 6.45) is 11.3. The van der Waals surface area contributed by atoms with Gasteiger partial charge in [0.2, 0.25) is 12.3 Å². The Balaban J connectivity index is 1.61. The maximum atomic E-state index is 12.5. The van der Waals surface area contributed by atoms with Crippen LogP contribution in [0.1, 0.15) is 43.2 Å². The summed E-state index contributed by atoms with van der Waals surface area (Å²) < 4.78 is 5.15. The Morgan fingerprint density at radius 2 is 1.80 bits per heavy atom. The summed E-state index contributed by atoms with van der Waals surface area (Å²) in [7, 11) is 1.60. The van der Waals surface area contributed by atoms with Gasteiger partial charge in [-0.1, -0.05) is 55.7 Å². The molecule has 0 atom stereocenters. The van der Waals surface area contributed by atoms with Gasteiger partial charge in [-0.2, -0.15) is 0 Å². The molecule has 3 aromatic rings. The number of pyridine rings is 1. The van der Waals surface area contributed by atoms with Crippen molar-refractivity contribution in [1.82, 2.24) is 4.98 Å². The van der Waals surface area contributed by atoms with Crippen molar-refractivity contribution >= 4 is 24.1 Å². The fourth-order valence-corrected chi connectivity index (χ4v) is 4.97. The van der Waals surface area contributed by atoms with Crippen molar-refractivity contribution in [3.63, 3.8) is 0 Å². The number of carbonyl (C=O) groups is 2. The summed E-state index contributed by atoms with van der Waals surface area (Å²) in [5.74, 6) is -0.415. The van der Waals surface area contributed by atoms with Gasteiger partial charge >= 0.3 is 5.97 Å². The highest BCUT2D eigenvalue weighted by atomic mass is 16.5.